The molecule has 0 aliphatic heterocycles. The lowest BCUT2D eigenvalue weighted by atomic mass is 10.3. The number of nitrogens with zero attached hydrogens (tertiary/aromatic N) is 1. The van der Waals surface area contributed by atoms with Crippen LogP contribution in [0, 0.1) is 0 Å². The molecule has 0 rings (SSSR count). The number of aliphatic hydroxyl groups excluding tert-OH is 1. The molecule has 0 heterocycles. The van der Waals surface area contributed by atoms with E-state index in [1.807, 2.05) is 4.90 Å². The van der Waals surface area contributed by atoms with Gasteiger partial charge in [0.25, 0.3) is 0 Å². The van der Waals surface area contributed by atoms with Gasteiger partial charge in [0.2, 0.25) is 0 Å². The summed E-state index contributed by atoms with van der Waals surface area (Å²) >= 11 is 0. The van der Waals surface area contributed by atoms with Crippen molar-refractivity contribution < 1.29 is 14.6 Å². The molecule has 0 radical (unpaired) electrons. The van der Waals surface area contributed by atoms with E-state index in [0.717, 1.165) is 19.4 Å². The lowest BCUT2D eigenvalue weighted by molar-refractivity contribution is -0.141. The molecule has 4 nitrogen and oxygen atoms in total. The molecule has 0 saturated carbocycles. The second-order valence-electron chi connectivity index (χ2n) is 3.03. The highest BCUT2D eigenvalue weighted by molar-refractivity contribution is 5.71. The number of unbranched alkanes of at least 4 members (excludes halogenated alkanes) is 1. The molecule has 0 aromatic heterocycles. The van der Waals surface area contributed by atoms with E-state index in [-0.39, 0.29) is 19.1 Å². The third-order valence-corrected chi connectivity index (χ3v) is 1.85. The van der Waals surface area contributed by atoms with Gasteiger partial charge in [-0.2, -0.15) is 0 Å². The first-order valence-electron chi connectivity index (χ1n) is 4.75. The summed E-state index contributed by atoms with van der Waals surface area (Å²) in [6.45, 7) is 5.55. The molecular formula is C10H19NO3. The Bertz CT molecular complexity index is 171. The molecule has 0 aliphatic carbocycles. The van der Waals surface area contributed by atoms with Crippen LogP contribution in [0.2, 0.25) is 0 Å². The highest BCUT2D eigenvalue weighted by atomic mass is 16.5. The largest absolute Gasteiger partial charge is 0.468 e. The number of rotatable bonds is 8. The number of ether oxygens (including phenoxy) is 1. The van der Waals surface area contributed by atoms with Crippen LogP contribution in [0.15, 0.2) is 12.7 Å². The Morgan fingerprint density at radius 3 is 2.79 bits per heavy atom. The lowest BCUT2D eigenvalue weighted by Gasteiger charge is -2.18. The second-order valence-corrected chi connectivity index (χ2v) is 3.03. The van der Waals surface area contributed by atoms with E-state index in [9.17, 15) is 4.79 Å². The predicted molar refractivity (Wildman–Crippen MR) is 55.0 cm³/mol. The van der Waals surface area contributed by atoms with Crippen molar-refractivity contribution >= 4 is 5.97 Å². The van der Waals surface area contributed by atoms with E-state index >= 15 is 0 Å². The quantitative estimate of drug-likeness (QED) is 0.351. The Labute approximate surface area is 85.2 Å². The fourth-order valence-corrected chi connectivity index (χ4v) is 1.11. The summed E-state index contributed by atoms with van der Waals surface area (Å²) in [5.41, 5.74) is 0. The molecule has 0 aromatic carbocycles. The number of aliphatic hydroxyl groups is 1. The molecular weight excluding hydrogens is 182 g/mol. The van der Waals surface area contributed by atoms with Crippen molar-refractivity contribution in [3.8, 4) is 0 Å². The standard InChI is InChI=1S/C10H19NO3/c1-3-6-11(7-4-5-8-12)9-10(13)14-2/h3,12H,1,4-9H2,2H3. The summed E-state index contributed by atoms with van der Waals surface area (Å²) in [4.78, 5) is 12.9. The van der Waals surface area contributed by atoms with Gasteiger partial charge in [0.15, 0.2) is 0 Å². The van der Waals surface area contributed by atoms with Crippen LogP contribution < -0.4 is 0 Å². The molecule has 0 aliphatic rings. The average molecular weight is 201 g/mol. The Morgan fingerprint density at radius 2 is 2.29 bits per heavy atom. The van der Waals surface area contributed by atoms with Crippen molar-refractivity contribution in [3.05, 3.63) is 12.7 Å². The Hall–Kier alpha value is -0.870. The first kappa shape index (κ1) is 13.1. The predicted octanol–water partition coefficient (Wildman–Crippen LogP) is 0.420. The van der Waals surface area contributed by atoms with Gasteiger partial charge < -0.3 is 9.84 Å². The van der Waals surface area contributed by atoms with E-state index in [1.165, 1.54) is 7.11 Å². The van der Waals surface area contributed by atoms with Crippen LogP contribution in [-0.2, 0) is 9.53 Å². The van der Waals surface area contributed by atoms with Crippen LogP contribution in [0.4, 0.5) is 0 Å². The van der Waals surface area contributed by atoms with Crippen LogP contribution in [0.1, 0.15) is 12.8 Å². The van der Waals surface area contributed by atoms with Crippen LogP contribution >= 0.6 is 0 Å². The number of carbonyl (C=O) groups is 1. The van der Waals surface area contributed by atoms with E-state index in [4.69, 9.17) is 5.11 Å². The Balaban J connectivity index is 3.76. The molecule has 0 spiro atoms. The van der Waals surface area contributed by atoms with Crippen molar-refractivity contribution in [2.75, 3.05) is 33.4 Å². The van der Waals surface area contributed by atoms with Crippen molar-refractivity contribution in [2.24, 2.45) is 0 Å². The Kier molecular flexibility index (Phi) is 8.17. The maximum atomic E-state index is 11.0. The molecule has 1 N–H and O–H groups in total. The molecule has 0 unspecified atom stereocenters. The molecule has 0 aromatic rings. The molecule has 0 atom stereocenters. The summed E-state index contributed by atoms with van der Waals surface area (Å²) in [6, 6.07) is 0. The van der Waals surface area contributed by atoms with Crippen LogP contribution in [0.3, 0.4) is 0 Å². The number of esters is 1. The smallest absolute Gasteiger partial charge is 0.319 e. The van der Waals surface area contributed by atoms with Crippen molar-refractivity contribution in [3.63, 3.8) is 0 Å². The minimum atomic E-state index is -0.240. The van der Waals surface area contributed by atoms with Gasteiger partial charge in [-0.25, -0.2) is 0 Å². The van der Waals surface area contributed by atoms with Crippen molar-refractivity contribution in [1.29, 1.82) is 0 Å². The summed E-state index contributed by atoms with van der Waals surface area (Å²) in [7, 11) is 1.38. The lowest BCUT2D eigenvalue weighted by Crippen LogP contribution is -2.31. The molecule has 4 heteroatoms. The number of hydrogen-bond acceptors (Lipinski definition) is 4. The van der Waals surface area contributed by atoms with Gasteiger partial charge in [0.05, 0.1) is 13.7 Å². The highest BCUT2D eigenvalue weighted by Crippen LogP contribution is 1.96. The van der Waals surface area contributed by atoms with Gasteiger partial charge in [0, 0.05) is 13.2 Å². The zero-order valence-corrected chi connectivity index (χ0v) is 8.74. The number of methoxy groups -OCH3 is 1. The molecule has 82 valence electrons. The number of hydrogen-bond donors (Lipinski definition) is 1. The minimum absolute atomic E-state index is 0.195. The summed E-state index contributed by atoms with van der Waals surface area (Å²) in [5, 5.41) is 8.61. The molecule has 0 fully saturated rings. The maximum Gasteiger partial charge on any atom is 0.319 e. The summed E-state index contributed by atoms with van der Waals surface area (Å²) in [5.74, 6) is -0.240. The van der Waals surface area contributed by atoms with Crippen molar-refractivity contribution in [2.45, 2.75) is 12.8 Å². The van der Waals surface area contributed by atoms with Crippen LogP contribution in [-0.4, -0.2) is 49.3 Å². The Morgan fingerprint density at radius 1 is 1.57 bits per heavy atom. The number of carbonyl (C=O) groups excluding carboxylic acids is 1. The van der Waals surface area contributed by atoms with Gasteiger partial charge in [-0.05, 0) is 19.4 Å². The SMILES string of the molecule is C=CCN(CCCCO)CC(=O)OC. The minimum Gasteiger partial charge on any atom is -0.468 e. The topological polar surface area (TPSA) is 49.8 Å². The van der Waals surface area contributed by atoms with Gasteiger partial charge >= 0.3 is 5.97 Å². The van der Waals surface area contributed by atoms with E-state index in [2.05, 4.69) is 11.3 Å². The van der Waals surface area contributed by atoms with Gasteiger partial charge in [-0.3, -0.25) is 9.69 Å². The molecule has 14 heavy (non-hydrogen) atoms. The first-order chi connectivity index (χ1) is 6.74. The monoisotopic (exact) mass is 201 g/mol. The second kappa shape index (κ2) is 8.72. The first-order valence-corrected chi connectivity index (χ1v) is 4.75. The van der Waals surface area contributed by atoms with Gasteiger partial charge in [-0.1, -0.05) is 6.08 Å². The fraction of sp³-hybridized carbons (Fsp3) is 0.700. The summed E-state index contributed by atoms with van der Waals surface area (Å²) in [6.07, 6.45) is 3.39. The molecule has 0 amide bonds. The van der Waals surface area contributed by atoms with Crippen LogP contribution in [0.25, 0.3) is 0 Å². The van der Waals surface area contributed by atoms with Gasteiger partial charge in [-0.15, -0.1) is 6.58 Å². The van der Waals surface area contributed by atoms with E-state index < -0.39 is 0 Å². The van der Waals surface area contributed by atoms with E-state index in [0.29, 0.717) is 6.54 Å². The molecule has 0 bridgehead atoms. The third-order valence-electron chi connectivity index (χ3n) is 1.85. The van der Waals surface area contributed by atoms with Gasteiger partial charge in [0.1, 0.15) is 0 Å². The average Bonchev–Trinajstić information content (AvgIpc) is 2.18. The molecule has 0 saturated heterocycles. The van der Waals surface area contributed by atoms with E-state index in [1.54, 1.807) is 6.08 Å². The normalized spacial score (nSPS) is 10.2. The fourth-order valence-electron chi connectivity index (χ4n) is 1.11. The zero-order chi connectivity index (χ0) is 10.8. The zero-order valence-electron chi connectivity index (χ0n) is 8.74. The third kappa shape index (κ3) is 6.62. The highest BCUT2D eigenvalue weighted by Gasteiger charge is 2.08. The van der Waals surface area contributed by atoms with Crippen molar-refractivity contribution in [1.82, 2.24) is 4.90 Å². The van der Waals surface area contributed by atoms with Crippen LogP contribution in [0.5, 0.6) is 0 Å². The summed E-state index contributed by atoms with van der Waals surface area (Å²) < 4.78 is 4.57. The maximum absolute atomic E-state index is 11.0.